The van der Waals surface area contributed by atoms with Gasteiger partial charge in [0.05, 0.1) is 11.5 Å². The smallest absolute Gasteiger partial charge is 0.235 e. The molecule has 0 saturated heterocycles. The zero-order chi connectivity index (χ0) is 26.0. The van der Waals surface area contributed by atoms with Crippen LogP contribution in [-0.4, -0.2) is 28.3 Å². The third-order valence-electron chi connectivity index (χ3n) is 6.89. The molecule has 3 N–H and O–H groups in total. The van der Waals surface area contributed by atoms with Crippen LogP contribution in [0.5, 0.6) is 0 Å². The van der Waals surface area contributed by atoms with E-state index in [1.807, 2.05) is 38.1 Å². The summed E-state index contributed by atoms with van der Waals surface area (Å²) in [7, 11) is 0. The monoisotopic (exact) mass is 504 g/mol. The average molecular weight is 505 g/mol. The van der Waals surface area contributed by atoms with Crippen LogP contribution in [0.4, 0.5) is 11.4 Å². The summed E-state index contributed by atoms with van der Waals surface area (Å²) in [6, 6.07) is 21.3. The lowest BCUT2D eigenvalue weighted by molar-refractivity contribution is -0.150. The lowest BCUT2D eigenvalue weighted by Gasteiger charge is -2.44. The van der Waals surface area contributed by atoms with Crippen LogP contribution in [0.1, 0.15) is 36.0 Å². The summed E-state index contributed by atoms with van der Waals surface area (Å²) in [5.74, 6) is -4.58. The minimum atomic E-state index is -1.67. The highest BCUT2D eigenvalue weighted by atomic mass is 35.5. The van der Waals surface area contributed by atoms with E-state index in [4.69, 9.17) is 11.6 Å². The maximum atomic E-state index is 13.7. The first-order chi connectivity index (χ1) is 17.1. The van der Waals surface area contributed by atoms with Crippen LogP contribution in [0.2, 0.25) is 5.02 Å². The summed E-state index contributed by atoms with van der Waals surface area (Å²) in [6.45, 7) is 5.21. The van der Waals surface area contributed by atoms with Crippen molar-refractivity contribution < 1.29 is 19.5 Å². The molecule has 1 saturated carbocycles. The first-order valence-electron chi connectivity index (χ1n) is 11.8. The summed E-state index contributed by atoms with van der Waals surface area (Å²) in [4.78, 5) is 40.7. The molecule has 6 nitrogen and oxygen atoms in total. The average Bonchev–Trinajstić information content (AvgIpc) is 2.81. The van der Waals surface area contributed by atoms with Crippen molar-refractivity contribution in [3.05, 3.63) is 94.5 Å². The summed E-state index contributed by atoms with van der Waals surface area (Å²) < 4.78 is 0. The van der Waals surface area contributed by atoms with E-state index in [1.54, 1.807) is 48.5 Å². The lowest BCUT2D eigenvalue weighted by atomic mass is 9.61. The molecule has 0 unspecified atom stereocenters. The Hall–Kier alpha value is -3.48. The number of anilines is 2. The van der Waals surface area contributed by atoms with Crippen molar-refractivity contribution in [3.63, 3.8) is 0 Å². The van der Waals surface area contributed by atoms with Crippen LogP contribution in [0.3, 0.4) is 0 Å². The second-order valence-electron chi connectivity index (χ2n) is 9.64. The van der Waals surface area contributed by atoms with Gasteiger partial charge in [0.15, 0.2) is 0 Å². The van der Waals surface area contributed by atoms with Crippen LogP contribution < -0.4 is 10.6 Å². The Morgan fingerprint density at radius 3 is 1.89 bits per heavy atom. The van der Waals surface area contributed by atoms with Gasteiger partial charge in [0.1, 0.15) is 11.7 Å². The highest BCUT2D eigenvalue weighted by Gasteiger charge is 2.55. The van der Waals surface area contributed by atoms with Gasteiger partial charge >= 0.3 is 0 Å². The number of hydrogen-bond acceptors (Lipinski definition) is 4. The third-order valence-corrected chi connectivity index (χ3v) is 7.14. The second-order valence-corrected chi connectivity index (χ2v) is 10.1. The number of para-hydroxylation sites is 2. The quantitative estimate of drug-likeness (QED) is 0.412. The number of carbonyl (C=O) groups excluding carboxylic acids is 3. The number of Topliss-reactive ketones (excluding diaryl/α,β-unsaturated/α-hetero) is 1. The van der Waals surface area contributed by atoms with E-state index in [9.17, 15) is 19.5 Å². The third kappa shape index (κ3) is 5.20. The van der Waals surface area contributed by atoms with Gasteiger partial charge in [-0.3, -0.25) is 14.4 Å². The molecule has 0 aromatic heterocycles. The summed E-state index contributed by atoms with van der Waals surface area (Å²) in [6.07, 6.45) is -0.325. The molecular formula is C29H29ClN2O4. The minimum Gasteiger partial charge on any atom is -0.389 e. The number of halogens is 1. The molecule has 0 radical (unpaired) electrons. The van der Waals surface area contributed by atoms with Crippen molar-refractivity contribution in [2.24, 2.45) is 11.8 Å². The van der Waals surface area contributed by atoms with Crippen LogP contribution in [0.25, 0.3) is 0 Å². The Bertz CT molecular complexity index is 1300. The minimum absolute atomic E-state index is 0.325. The molecule has 7 heteroatoms. The molecule has 0 aliphatic heterocycles. The van der Waals surface area contributed by atoms with Gasteiger partial charge in [0.25, 0.3) is 0 Å². The zero-order valence-electron chi connectivity index (χ0n) is 20.4. The molecule has 1 fully saturated rings. The molecule has 36 heavy (non-hydrogen) atoms. The van der Waals surface area contributed by atoms with Crippen molar-refractivity contribution in [1.29, 1.82) is 0 Å². The first kappa shape index (κ1) is 25.6. The van der Waals surface area contributed by atoms with Gasteiger partial charge in [-0.1, -0.05) is 60.1 Å². The fraction of sp³-hybridized carbons (Fsp3) is 0.276. The van der Waals surface area contributed by atoms with Crippen molar-refractivity contribution in [3.8, 4) is 0 Å². The highest BCUT2D eigenvalue weighted by Crippen LogP contribution is 2.47. The van der Waals surface area contributed by atoms with Crippen LogP contribution in [0.15, 0.2) is 72.8 Å². The van der Waals surface area contributed by atoms with Crippen LogP contribution in [0, 0.1) is 25.7 Å². The largest absolute Gasteiger partial charge is 0.389 e. The van der Waals surface area contributed by atoms with Gasteiger partial charge < -0.3 is 15.7 Å². The topological polar surface area (TPSA) is 95.5 Å². The molecule has 0 heterocycles. The Morgan fingerprint density at radius 2 is 1.36 bits per heavy atom. The Kier molecular flexibility index (Phi) is 7.29. The van der Waals surface area contributed by atoms with E-state index < -0.39 is 41.0 Å². The summed E-state index contributed by atoms with van der Waals surface area (Å²) in [5, 5.41) is 17.7. The van der Waals surface area contributed by atoms with E-state index in [0.717, 1.165) is 11.1 Å². The predicted molar refractivity (Wildman–Crippen MR) is 141 cm³/mol. The van der Waals surface area contributed by atoms with Crippen molar-refractivity contribution in [2.75, 3.05) is 10.6 Å². The standard InChI is InChI=1S/C29H29ClN2O4/c1-17-8-4-6-10-21(17)31-27(34)25-23(33)16-29(3,36)26(24(25)19-12-14-20(30)15-13-19)28(35)32-22-11-7-5-9-18(22)2/h4-15,24-26,36H,16H2,1-3H3,(H,31,34)(H,32,35)/t24-,25+,26-,29-/m0/s1. The number of nitrogens with one attached hydrogen (secondary N) is 2. The molecule has 3 aromatic rings. The number of hydrogen-bond donors (Lipinski definition) is 3. The Labute approximate surface area is 215 Å². The Morgan fingerprint density at radius 1 is 0.861 bits per heavy atom. The maximum Gasteiger partial charge on any atom is 0.235 e. The normalized spacial score (nSPS) is 23.7. The number of amides is 2. The molecule has 1 aliphatic rings. The van der Waals surface area contributed by atoms with Crippen molar-refractivity contribution in [1.82, 2.24) is 0 Å². The summed E-state index contributed by atoms with van der Waals surface area (Å²) >= 11 is 6.11. The van der Waals surface area contributed by atoms with Gasteiger partial charge in [-0.25, -0.2) is 0 Å². The molecule has 2 amide bonds. The van der Waals surface area contributed by atoms with E-state index >= 15 is 0 Å². The SMILES string of the molecule is Cc1ccccc1NC(=O)[C@@H]1C(=O)C[C@](C)(O)[C@H](C(=O)Nc2ccccc2C)[C@H]1c1ccc(Cl)cc1. The number of benzene rings is 3. The molecule has 186 valence electrons. The number of ketones is 1. The number of aryl methyl sites for hydroxylation is 2. The fourth-order valence-corrected chi connectivity index (χ4v) is 5.15. The summed E-state index contributed by atoms with van der Waals surface area (Å²) in [5.41, 5.74) is 1.79. The van der Waals surface area contributed by atoms with E-state index in [0.29, 0.717) is 22.0 Å². The van der Waals surface area contributed by atoms with Crippen LogP contribution in [-0.2, 0) is 14.4 Å². The zero-order valence-corrected chi connectivity index (χ0v) is 21.2. The number of rotatable bonds is 5. The number of carbonyl (C=O) groups is 3. The highest BCUT2D eigenvalue weighted by molar-refractivity contribution is 6.30. The maximum absolute atomic E-state index is 13.7. The predicted octanol–water partition coefficient (Wildman–Crippen LogP) is 5.27. The molecule has 0 spiro atoms. The van der Waals surface area contributed by atoms with Gasteiger partial charge in [-0.15, -0.1) is 0 Å². The molecule has 4 atom stereocenters. The molecular weight excluding hydrogens is 476 g/mol. The van der Waals surface area contributed by atoms with Gasteiger partial charge in [0.2, 0.25) is 11.8 Å². The van der Waals surface area contributed by atoms with E-state index in [2.05, 4.69) is 10.6 Å². The van der Waals surface area contributed by atoms with Crippen molar-refractivity contribution >= 4 is 40.6 Å². The first-order valence-corrected chi connectivity index (χ1v) is 12.2. The molecule has 0 bridgehead atoms. The second kappa shape index (κ2) is 10.2. The van der Waals surface area contributed by atoms with Gasteiger partial charge in [-0.05, 0) is 61.7 Å². The van der Waals surface area contributed by atoms with E-state index in [1.165, 1.54) is 6.92 Å². The van der Waals surface area contributed by atoms with Gasteiger partial charge in [-0.2, -0.15) is 0 Å². The molecule has 4 rings (SSSR count). The lowest BCUT2D eigenvalue weighted by Crippen LogP contribution is -2.56. The van der Waals surface area contributed by atoms with Crippen LogP contribution >= 0.6 is 11.6 Å². The molecule has 1 aliphatic carbocycles. The number of aliphatic hydroxyl groups is 1. The van der Waals surface area contributed by atoms with E-state index in [-0.39, 0.29) is 6.42 Å². The van der Waals surface area contributed by atoms with Crippen molar-refractivity contribution in [2.45, 2.75) is 38.7 Å². The Balaban J connectivity index is 1.78. The fourth-order valence-electron chi connectivity index (χ4n) is 5.02. The van der Waals surface area contributed by atoms with Gasteiger partial charge in [0, 0.05) is 28.7 Å². The molecule has 3 aromatic carbocycles.